The fraction of sp³-hybridized carbons (Fsp3) is 1.00. The molecule has 0 amide bonds. The van der Waals surface area contributed by atoms with Crippen LogP contribution in [0.15, 0.2) is 0 Å². The molecule has 1 rings (SSSR count). The molecule has 4 heteroatoms. The van der Waals surface area contributed by atoms with Gasteiger partial charge in [-0.1, -0.05) is 6.92 Å². The Hall–Kier alpha value is -0.160. The van der Waals surface area contributed by atoms with Crippen LogP contribution in [0.25, 0.3) is 0 Å². The van der Waals surface area contributed by atoms with Gasteiger partial charge in [-0.15, -0.1) is 0 Å². The van der Waals surface area contributed by atoms with E-state index in [2.05, 4.69) is 17.1 Å². The minimum absolute atomic E-state index is 0.0152. The predicted octanol–water partition coefficient (Wildman–Crippen LogP) is 0.584. The van der Waals surface area contributed by atoms with Crippen molar-refractivity contribution in [2.45, 2.75) is 51.1 Å². The van der Waals surface area contributed by atoms with Gasteiger partial charge in [-0.3, -0.25) is 0 Å². The predicted molar refractivity (Wildman–Crippen MR) is 70.1 cm³/mol. The molecule has 102 valence electrons. The highest BCUT2D eigenvalue weighted by Gasteiger charge is 2.27. The Morgan fingerprint density at radius 2 is 1.94 bits per heavy atom. The number of hydrogen-bond donors (Lipinski definition) is 3. The van der Waals surface area contributed by atoms with E-state index in [9.17, 15) is 10.2 Å². The van der Waals surface area contributed by atoms with Crippen molar-refractivity contribution in [3.05, 3.63) is 0 Å². The monoisotopic (exact) mass is 244 g/mol. The number of hydrogen-bond acceptors (Lipinski definition) is 4. The van der Waals surface area contributed by atoms with Gasteiger partial charge in [-0.2, -0.15) is 0 Å². The molecule has 0 aromatic carbocycles. The molecule has 1 aliphatic heterocycles. The summed E-state index contributed by atoms with van der Waals surface area (Å²) in [6, 6.07) is 0.418. The van der Waals surface area contributed by atoms with Crippen LogP contribution < -0.4 is 5.32 Å². The van der Waals surface area contributed by atoms with Crippen LogP contribution in [-0.4, -0.2) is 59.5 Å². The van der Waals surface area contributed by atoms with Crippen molar-refractivity contribution in [3.63, 3.8) is 0 Å². The number of aliphatic hydroxyl groups excluding tert-OH is 2. The molecule has 1 fully saturated rings. The van der Waals surface area contributed by atoms with E-state index in [1.165, 1.54) is 25.9 Å². The first-order valence-corrected chi connectivity index (χ1v) is 6.85. The van der Waals surface area contributed by atoms with Crippen LogP contribution in [0, 0.1) is 0 Å². The topological polar surface area (TPSA) is 55.7 Å². The average Bonchev–Trinajstić information content (AvgIpc) is 2.55. The molecular formula is C13H28N2O2. The fourth-order valence-electron chi connectivity index (χ4n) is 2.47. The summed E-state index contributed by atoms with van der Waals surface area (Å²) in [5.74, 6) is 0. The third-order valence-corrected chi connectivity index (χ3v) is 3.61. The van der Waals surface area contributed by atoms with Gasteiger partial charge in [0.1, 0.15) is 0 Å². The van der Waals surface area contributed by atoms with Crippen molar-refractivity contribution < 1.29 is 10.2 Å². The summed E-state index contributed by atoms with van der Waals surface area (Å²) in [7, 11) is 0. The summed E-state index contributed by atoms with van der Waals surface area (Å²) in [5.41, 5.74) is -0.537. The molecule has 3 N–H and O–H groups in total. The van der Waals surface area contributed by atoms with Crippen LogP contribution in [0.4, 0.5) is 0 Å². The molecule has 1 atom stereocenters. The molecule has 0 saturated carbocycles. The molecule has 1 saturated heterocycles. The quantitative estimate of drug-likeness (QED) is 0.640. The Labute approximate surface area is 105 Å². The maximum Gasteiger partial charge on any atom is 0.0633 e. The van der Waals surface area contributed by atoms with E-state index in [1.54, 1.807) is 0 Å². The summed E-state index contributed by atoms with van der Waals surface area (Å²) in [6.45, 7) is 7.55. The first-order valence-electron chi connectivity index (χ1n) is 6.85. The van der Waals surface area contributed by atoms with Crippen LogP contribution >= 0.6 is 0 Å². The normalized spacial score (nSPS) is 23.6. The van der Waals surface area contributed by atoms with Gasteiger partial charge >= 0.3 is 0 Å². The van der Waals surface area contributed by atoms with Crippen LogP contribution in [0.2, 0.25) is 0 Å². The molecule has 0 aromatic rings. The van der Waals surface area contributed by atoms with Crippen molar-refractivity contribution in [2.24, 2.45) is 0 Å². The van der Waals surface area contributed by atoms with Crippen molar-refractivity contribution in [1.82, 2.24) is 10.2 Å². The second-order valence-corrected chi connectivity index (χ2v) is 5.49. The smallest absolute Gasteiger partial charge is 0.0633 e. The van der Waals surface area contributed by atoms with E-state index in [4.69, 9.17) is 0 Å². The summed E-state index contributed by atoms with van der Waals surface area (Å²) in [4.78, 5) is 2.51. The van der Waals surface area contributed by atoms with Crippen LogP contribution in [0.1, 0.15) is 39.5 Å². The molecule has 0 radical (unpaired) electrons. The van der Waals surface area contributed by atoms with Crippen molar-refractivity contribution in [2.75, 3.05) is 32.8 Å². The van der Waals surface area contributed by atoms with Gasteiger partial charge < -0.3 is 20.4 Å². The SMILES string of the molecule is CCCN1CCCC(NC(C)(CO)CO)CC1. The van der Waals surface area contributed by atoms with Crippen molar-refractivity contribution in [1.29, 1.82) is 0 Å². The lowest BCUT2D eigenvalue weighted by Crippen LogP contribution is -2.53. The third-order valence-electron chi connectivity index (χ3n) is 3.61. The van der Waals surface area contributed by atoms with Gasteiger partial charge in [0.15, 0.2) is 0 Å². The molecule has 0 bridgehead atoms. The van der Waals surface area contributed by atoms with Gasteiger partial charge in [-0.25, -0.2) is 0 Å². The number of nitrogens with one attached hydrogen (secondary N) is 1. The number of nitrogens with zero attached hydrogens (tertiary/aromatic N) is 1. The van der Waals surface area contributed by atoms with Crippen LogP contribution in [-0.2, 0) is 0 Å². The van der Waals surface area contributed by atoms with Gasteiger partial charge in [-0.05, 0) is 52.2 Å². The Kier molecular flexibility index (Phi) is 6.41. The van der Waals surface area contributed by atoms with E-state index in [0.29, 0.717) is 6.04 Å². The lowest BCUT2D eigenvalue weighted by Gasteiger charge is -2.31. The standard InChI is InChI=1S/C13H28N2O2/c1-3-7-15-8-4-5-12(6-9-15)14-13(2,10-16)11-17/h12,14,16-17H,3-11H2,1-2H3. The first-order chi connectivity index (χ1) is 8.13. The second-order valence-electron chi connectivity index (χ2n) is 5.49. The van der Waals surface area contributed by atoms with Crippen LogP contribution in [0.3, 0.4) is 0 Å². The highest BCUT2D eigenvalue weighted by atomic mass is 16.3. The molecular weight excluding hydrogens is 216 g/mol. The third kappa shape index (κ3) is 4.92. The lowest BCUT2D eigenvalue weighted by molar-refractivity contribution is 0.0917. The zero-order chi connectivity index (χ0) is 12.7. The van der Waals surface area contributed by atoms with Gasteiger partial charge in [0.2, 0.25) is 0 Å². The van der Waals surface area contributed by atoms with Crippen LogP contribution in [0.5, 0.6) is 0 Å². The first kappa shape index (κ1) is 14.9. The van der Waals surface area contributed by atoms with E-state index in [-0.39, 0.29) is 13.2 Å². The summed E-state index contributed by atoms with van der Waals surface area (Å²) in [5, 5.41) is 22.0. The zero-order valence-electron chi connectivity index (χ0n) is 11.3. The Morgan fingerprint density at radius 3 is 2.53 bits per heavy atom. The highest BCUT2D eigenvalue weighted by molar-refractivity contribution is 4.87. The second kappa shape index (κ2) is 7.31. The van der Waals surface area contributed by atoms with Gasteiger partial charge in [0.25, 0.3) is 0 Å². The molecule has 0 spiro atoms. The lowest BCUT2D eigenvalue weighted by atomic mass is 10.0. The maximum atomic E-state index is 9.29. The van der Waals surface area contributed by atoms with Crippen molar-refractivity contribution >= 4 is 0 Å². The number of rotatable bonds is 6. The van der Waals surface area contributed by atoms with Gasteiger partial charge in [0.05, 0.1) is 18.8 Å². The van der Waals surface area contributed by atoms with Crippen molar-refractivity contribution in [3.8, 4) is 0 Å². The molecule has 1 aliphatic rings. The maximum absolute atomic E-state index is 9.29. The molecule has 0 aromatic heterocycles. The van der Waals surface area contributed by atoms with E-state index >= 15 is 0 Å². The minimum atomic E-state index is -0.537. The molecule has 17 heavy (non-hydrogen) atoms. The van der Waals surface area contributed by atoms with E-state index in [0.717, 1.165) is 19.4 Å². The molecule has 1 heterocycles. The van der Waals surface area contributed by atoms with E-state index < -0.39 is 5.54 Å². The summed E-state index contributed by atoms with van der Waals surface area (Å²) in [6.07, 6.45) is 4.65. The summed E-state index contributed by atoms with van der Waals surface area (Å²) < 4.78 is 0. The Morgan fingerprint density at radius 1 is 1.24 bits per heavy atom. The fourth-order valence-corrected chi connectivity index (χ4v) is 2.47. The molecule has 1 unspecified atom stereocenters. The van der Waals surface area contributed by atoms with E-state index in [1.807, 2.05) is 6.92 Å². The highest BCUT2D eigenvalue weighted by Crippen LogP contribution is 2.14. The Bertz CT molecular complexity index is 208. The summed E-state index contributed by atoms with van der Waals surface area (Å²) >= 11 is 0. The zero-order valence-corrected chi connectivity index (χ0v) is 11.3. The molecule has 0 aliphatic carbocycles. The molecule has 4 nitrogen and oxygen atoms in total. The van der Waals surface area contributed by atoms with Gasteiger partial charge in [0, 0.05) is 6.04 Å². The Balaban J connectivity index is 2.40. The largest absolute Gasteiger partial charge is 0.394 e. The number of aliphatic hydroxyl groups is 2. The minimum Gasteiger partial charge on any atom is -0.394 e. The average molecular weight is 244 g/mol. The number of likely N-dealkylation sites (tertiary alicyclic amines) is 1.